The highest BCUT2D eigenvalue weighted by atomic mass is 32.1. The van der Waals surface area contributed by atoms with Gasteiger partial charge in [0.2, 0.25) is 5.13 Å². The Morgan fingerprint density at radius 1 is 1.23 bits per heavy atom. The van der Waals surface area contributed by atoms with Gasteiger partial charge >= 0.3 is 0 Å². The average molecular weight is 320 g/mol. The van der Waals surface area contributed by atoms with Gasteiger partial charge in [0.25, 0.3) is 5.91 Å². The zero-order valence-electron chi connectivity index (χ0n) is 12.5. The van der Waals surface area contributed by atoms with E-state index in [-0.39, 0.29) is 11.7 Å². The van der Waals surface area contributed by atoms with Crippen LogP contribution in [0.2, 0.25) is 0 Å². The fourth-order valence-electron chi connectivity index (χ4n) is 2.42. The molecule has 1 fully saturated rings. The van der Waals surface area contributed by atoms with Gasteiger partial charge in [-0.2, -0.15) is 4.37 Å². The molecule has 0 radical (unpaired) electrons. The molecule has 0 unspecified atom stereocenters. The standard InChI is InChI=1S/C15H17FN4OS/c1-10-3-4-12(9-13(10)16)14(21)19-5-7-20(8-6-19)15-17-11(2)18-22-15/h3-4,9H,5-8H2,1-2H3. The van der Waals surface area contributed by atoms with Crippen molar-refractivity contribution in [2.75, 3.05) is 31.1 Å². The lowest BCUT2D eigenvalue weighted by molar-refractivity contribution is 0.0746. The van der Waals surface area contributed by atoms with Crippen LogP contribution in [-0.4, -0.2) is 46.3 Å². The van der Waals surface area contributed by atoms with E-state index < -0.39 is 0 Å². The van der Waals surface area contributed by atoms with E-state index in [1.165, 1.54) is 17.6 Å². The maximum Gasteiger partial charge on any atom is 0.254 e. The Morgan fingerprint density at radius 2 is 1.95 bits per heavy atom. The van der Waals surface area contributed by atoms with Crippen LogP contribution >= 0.6 is 11.5 Å². The number of hydrogen-bond acceptors (Lipinski definition) is 5. The summed E-state index contributed by atoms with van der Waals surface area (Å²) in [5.74, 6) is 0.314. The van der Waals surface area contributed by atoms with E-state index >= 15 is 0 Å². The Morgan fingerprint density at radius 3 is 2.55 bits per heavy atom. The first kappa shape index (κ1) is 14.9. The Bertz CT molecular complexity index is 695. The van der Waals surface area contributed by atoms with E-state index in [0.29, 0.717) is 37.3 Å². The molecule has 1 saturated heterocycles. The highest BCUT2D eigenvalue weighted by Gasteiger charge is 2.24. The maximum atomic E-state index is 13.6. The minimum Gasteiger partial charge on any atom is -0.343 e. The number of halogens is 1. The summed E-state index contributed by atoms with van der Waals surface area (Å²) in [4.78, 5) is 20.7. The zero-order valence-corrected chi connectivity index (χ0v) is 13.4. The number of rotatable bonds is 2. The summed E-state index contributed by atoms with van der Waals surface area (Å²) in [6, 6.07) is 4.64. The van der Waals surface area contributed by atoms with Crippen LogP contribution in [0.4, 0.5) is 9.52 Å². The van der Waals surface area contributed by atoms with Gasteiger partial charge in [0.05, 0.1) is 0 Å². The number of carbonyl (C=O) groups excluding carboxylic acids is 1. The highest BCUT2D eigenvalue weighted by molar-refractivity contribution is 7.09. The molecular weight excluding hydrogens is 303 g/mol. The van der Waals surface area contributed by atoms with Gasteiger partial charge in [-0.05, 0) is 31.5 Å². The van der Waals surface area contributed by atoms with Crippen LogP contribution in [-0.2, 0) is 0 Å². The van der Waals surface area contributed by atoms with Crippen molar-refractivity contribution in [3.05, 3.63) is 41.0 Å². The van der Waals surface area contributed by atoms with Gasteiger partial charge in [-0.3, -0.25) is 4.79 Å². The third-order valence-electron chi connectivity index (χ3n) is 3.77. The molecule has 0 atom stereocenters. The van der Waals surface area contributed by atoms with Gasteiger partial charge in [-0.25, -0.2) is 9.37 Å². The molecule has 3 rings (SSSR count). The quantitative estimate of drug-likeness (QED) is 0.852. The highest BCUT2D eigenvalue weighted by Crippen LogP contribution is 2.19. The van der Waals surface area contributed by atoms with Crippen molar-refractivity contribution >= 4 is 22.6 Å². The normalized spacial score (nSPS) is 15.2. The van der Waals surface area contributed by atoms with E-state index in [0.717, 1.165) is 11.0 Å². The summed E-state index contributed by atoms with van der Waals surface area (Å²) in [7, 11) is 0. The minimum absolute atomic E-state index is 0.119. The number of piperazine rings is 1. The molecule has 2 heterocycles. The summed E-state index contributed by atoms with van der Waals surface area (Å²) < 4.78 is 17.8. The van der Waals surface area contributed by atoms with Crippen LogP contribution in [0.25, 0.3) is 0 Å². The summed E-state index contributed by atoms with van der Waals surface area (Å²) in [6.45, 7) is 6.20. The molecule has 5 nitrogen and oxygen atoms in total. The molecular formula is C15H17FN4OS. The van der Waals surface area contributed by atoms with Gasteiger partial charge in [0.15, 0.2) is 0 Å². The zero-order chi connectivity index (χ0) is 15.7. The van der Waals surface area contributed by atoms with Gasteiger partial charge in [0, 0.05) is 43.3 Å². The Hall–Kier alpha value is -2.02. The predicted octanol–water partition coefficient (Wildman–Crippen LogP) is 2.26. The third-order valence-corrected chi connectivity index (χ3v) is 4.64. The van der Waals surface area contributed by atoms with Crippen LogP contribution in [0.15, 0.2) is 18.2 Å². The molecule has 116 valence electrons. The topological polar surface area (TPSA) is 49.3 Å². The fourth-order valence-corrected chi connectivity index (χ4v) is 3.15. The number of anilines is 1. The second-order valence-corrected chi connectivity index (χ2v) is 6.10. The number of aryl methyl sites for hydroxylation is 2. The number of carbonyl (C=O) groups is 1. The first-order valence-electron chi connectivity index (χ1n) is 7.15. The van der Waals surface area contributed by atoms with Crippen LogP contribution in [0, 0.1) is 19.7 Å². The Balaban J connectivity index is 1.65. The predicted molar refractivity (Wildman–Crippen MR) is 83.9 cm³/mol. The molecule has 7 heteroatoms. The third kappa shape index (κ3) is 2.94. The van der Waals surface area contributed by atoms with E-state index in [4.69, 9.17) is 0 Å². The maximum absolute atomic E-state index is 13.6. The average Bonchev–Trinajstić information content (AvgIpc) is 2.96. The number of hydrogen-bond donors (Lipinski definition) is 0. The minimum atomic E-state index is -0.339. The van der Waals surface area contributed by atoms with Crippen molar-refractivity contribution in [3.63, 3.8) is 0 Å². The first-order valence-corrected chi connectivity index (χ1v) is 7.92. The first-order chi connectivity index (χ1) is 10.5. The van der Waals surface area contributed by atoms with E-state index in [9.17, 15) is 9.18 Å². The Kier molecular flexibility index (Phi) is 4.06. The van der Waals surface area contributed by atoms with Gasteiger partial charge < -0.3 is 9.80 Å². The lowest BCUT2D eigenvalue weighted by Gasteiger charge is -2.34. The lowest BCUT2D eigenvalue weighted by atomic mass is 10.1. The molecule has 1 aliphatic rings. The van der Waals surface area contributed by atoms with Crippen molar-refractivity contribution in [1.82, 2.24) is 14.3 Å². The molecule has 1 aromatic carbocycles. The second kappa shape index (κ2) is 6.00. The molecule has 0 aliphatic carbocycles. The fraction of sp³-hybridized carbons (Fsp3) is 0.400. The van der Waals surface area contributed by atoms with Gasteiger partial charge in [-0.1, -0.05) is 6.07 Å². The van der Waals surface area contributed by atoms with Crippen molar-refractivity contribution in [1.29, 1.82) is 0 Å². The van der Waals surface area contributed by atoms with Crippen LogP contribution in [0.3, 0.4) is 0 Å². The summed E-state index contributed by atoms with van der Waals surface area (Å²) in [5.41, 5.74) is 0.955. The molecule has 1 amide bonds. The second-order valence-electron chi connectivity index (χ2n) is 5.37. The van der Waals surface area contributed by atoms with E-state index in [1.807, 2.05) is 6.92 Å². The van der Waals surface area contributed by atoms with Crippen molar-refractivity contribution < 1.29 is 9.18 Å². The number of amides is 1. The van der Waals surface area contributed by atoms with E-state index in [1.54, 1.807) is 24.0 Å². The van der Waals surface area contributed by atoms with Gasteiger partial charge in [-0.15, -0.1) is 0 Å². The van der Waals surface area contributed by atoms with E-state index in [2.05, 4.69) is 14.3 Å². The molecule has 0 N–H and O–H groups in total. The summed E-state index contributed by atoms with van der Waals surface area (Å²) >= 11 is 1.38. The summed E-state index contributed by atoms with van der Waals surface area (Å²) in [5, 5.41) is 0.894. The van der Waals surface area contributed by atoms with Crippen LogP contribution < -0.4 is 4.90 Å². The summed E-state index contributed by atoms with van der Waals surface area (Å²) in [6.07, 6.45) is 0. The van der Waals surface area contributed by atoms with Gasteiger partial charge in [0.1, 0.15) is 11.6 Å². The molecule has 2 aromatic rings. The number of benzene rings is 1. The molecule has 0 saturated carbocycles. The molecule has 1 aromatic heterocycles. The molecule has 0 spiro atoms. The van der Waals surface area contributed by atoms with Crippen LogP contribution in [0.1, 0.15) is 21.7 Å². The van der Waals surface area contributed by atoms with Crippen molar-refractivity contribution in [3.8, 4) is 0 Å². The van der Waals surface area contributed by atoms with Crippen molar-refractivity contribution in [2.24, 2.45) is 0 Å². The largest absolute Gasteiger partial charge is 0.343 e. The van der Waals surface area contributed by atoms with Crippen LogP contribution in [0.5, 0.6) is 0 Å². The lowest BCUT2D eigenvalue weighted by Crippen LogP contribution is -2.48. The Labute approximate surface area is 132 Å². The molecule has 22 heavy (non-hydrogen) atoms. The number of nitrogens with zero attached hydrogens (tertiary/aromatic N) is 4. The molecule has 0 bridgehead atoms. The SMILES string of the molecule is Cc1nsc(N2CCN(C(=O)c3ccc(C)c(F)c3)CC2)n1. The van der Waals surface area contributed by atoms with Crippen molar-refractivity contribution in [2.45, 2.75) is 13.8 Å². The monoisotopic (exact) mass is 320 g/mol. The smallest absolute Gasteiger partial charge is 0.254 e. The molecule has 1 aliphatic heterocycles. The number of aromatic nitrogens is 2.